The zero-order valence-corrected chi connectivity index (χ0v) is 12.1. The van der Waals surface area contributed by atoms with Crippen molar-refractivity contribution in [2.45, 2.75) is 45.6 Å². The van der Waals surface area contributed by atoms with Gasteiger partial charge in [-0.05, 0) is 36.9 Å². The Kier molecular flexibility index (Phi) is 6.37. The van der Waals surface area contributed by atoms with Crippen LogP contribution in [0, 0.1) is 5.92 Å². The van der Waals surface area contributed by atoms with E-state index in [0.717, 1.165) is 6.42 Å². The van der Waals surface area contributed by atoms with Gasteiger partial charge < -0.3 is 10.4 Å². The molecule has 0 amide bonds. The van der Waals surface area contributed by atoms with Gasteiger partial charge in [0, 0.05) is 18.6 Å². The quantitative estimate of drug-likeness (QED) is 0.775. The molecule has 0 saturated heterocycles. The van der Waals surface area contributed by atoms with Crippen molar-refractivity contribution >= 4 is 0 Å². The Bertz CT molecular complexity index is 329. The second-order valence-electron chi connectivity index (χ2n) is 5.09. The lowest BCUT2D eigenvalue weighted by Gasteiger charge is -2.25. The summed E-state index contributed by atoms with van der Waals surface area (Å²) in [6.45, 7) is 6.83. The van der Waals surface area contributed by atoms with E-state index in [1.165, 1.54) is 17.5 Å². The first-order valence-electron chi connectivity index (χ1n) is 7.05. The van der Waals surface area contributed by atoms with Crippen molar-refractivity contribution in [1.82, 2.24) is 5.32 Å². The summed E-state index contributed by atoms with van der Waals surface area (Å²) in [6, 6.07) is 9.07. The molecule has 0 aliphatic rings. The molecule has 2 heteroatoms. The molecular weight excluding hydrogens is 222 g/mol. The van der Waals surface area contributed by atoms with Gasteiger partial charge in [-0.1, -0.05) is 45.0 Å². The molecule has 0 aromatic heterocycles. The van der Waals surface area contributed by atoms with Crippen LogP contribution in [0.4, 0.5) is 0 Å². The van der Waals surface area contributed by atoms with Gasteiger partial charge in [0.25, 0.3) is 0 Å². The number of rotatable bonds is 7. The Morgan fingerprint density at radius 2 is 1.61 bits per heavy atom. The van der Waals surface area contributed by atoms with E-state index in [1.54, 1.807) is 0 Å². The minimum atomic E-state index is 0.231. The van der Waals surface area contributed by atoms with Crippen molar-refractivity contribution in [3.05, 3.63) is 35.4 Å². The third-order valence-electron chi connectivity index (χ3n) is 4.02. The third-order valence-corrected chi connectivity index (χ3v) is 4.02. The topological polar surface area (TPSA) is 32.3 Å². The first-order chi connectivity index (χ1) is 8.67. The molecule has 0 aliphatic carbocycles. The number of benzene rings is 1. The Labute approximate surface area is 111 Å². The lowest BCUT2D eigenvalue weighted by atomic mass is 9.89. The molecular formula is C16H27NO. The van der Waals surface area contributed by atoms with Crippen LogP contribution in [0.2, 0.25) is 0 Å². The highest BCUT2D eigenvalue weighted by molar-refractivity contribution is 5.27. The minimum absolute atomic E-state index is 0.231. The SMILES string of the molecule is CCC(C)c1ccc(C(NC)C(CC)CO)cc1. The van der Waals surface area contributed by atoms with Crippen molar-refractivity contribution in [3.8, 4) is 0 Å². The molecule has 3 atom stereocenters. The molecule has 18 heavy (non-hydrogen) atoms. The summed E-state index contributed by atoms with van der Waals surface area (Å²) in [6.07, 6.45) is 2.15. The van der Waals surface area contributed by atoms with Gasteiger partial charge in [-0.2, -0.15) is 0 Å². The van der Waals surface area contributed by atoms with Gasteiger partial charge in [-0.25, -0.2) is 0 Å². The van der Waals surface area contributed by atoms with Gasteiger partial charge in [0.1, 0.15) is 0 Å². The summed E-state index contributed by atoms with van der Waals surface area (Å²) < 4.78 is 0. The van der Waals surface area contributed by atoms with E-state index in [9.17, 15) is 5.11 Å². The lowest BCUT2D eigenvalue weighted by Crippen LogP contribution is -2.27. The first-order valence-corrected chi connectivity index (χ1v) is 7.05. The average molecular weight is 249 g/mol. The predicted octanol–water partition coefficient (Wildman–Crippen LogP) is 3.48. The van der Waals surface area contributed by atoms with Crippen molar-refractivity contribution in [2.24, 2.45) is 5.92 Å². The molecule has 0 aliphatic heterocycles. The molecule has 1 aromatic carbocycles. The molecule has 0 spiro atoms. The van der Waals surface area contributed by atoms with E-state index in [0.29, 0.717) is 5.92 Å². The van der Waals surface area contributed by atoms with E-state index in [4.69, 9.17) is 0 Å². The molecule has 1 rings (SSSR count). The Morgan fingerprint density at radius 3 is 2.00 bits per heavy atom. The highest BCUT2D eigenvalue weighted by Gasteiger charge is 2.19. The molecule has 3 unspecified atom stereocenters. The van der Waals surface area contributed by atoms with Gasteiger partial charge in [0.2, 0.25) is 0 Å². The van der Waals surface area contributed by atoms with Crippen LogP contribution in [0.3, 0.4) is 0 Å². The third kappa shape index (κ3) is 3.56. The van der Waals surface area contributed by atoms with Crippen molar-refractivity contribution in [1.29, 1.82) is 0 Å². The fraction of sp³-hybridized carbons (Fsp3) is 0.625. The number of aliphatic hydroxyl groups excluding tert-OH is 1. The maximum atomic E-state index is 9.43. The normalized spacial score (nSPS) is 16.3. The highest BCUT2D eigenvalue weighted by atomic mass is 16.3. The Hall–Kier alpha value is -0.860. The second-order valence-corrected chi connectivity index (χ2v) is 5.09. The largest absolute Gasteiger partial charge is 0.396 e. The van der Waals surface area contributed by atoms with Gasteiger partial charge in [-0.15, -0.1) is 0 Å². The summed E-state index contributed by atoms with van der Waals surface area (Å²) in [5, 5.41) is 12.8. The standard InChI is InChI=1S/C16H27NO/c1-5-12(3)14-7-9-15(10-8-14)16(17-4)13(6-2)11-18/h7-10,12-13,16-18H,5-6,11H2,1-4H3. The van der Waals surface area contributed by atoms with E-state index >= 15 is 0 Å². The summed E-state index contributed by atoms with van der Waals surface area (Å²) in [5.41, 5.74) is 2.67. The van der Waals surface area contributed by atoms with Crippen LogP contribution >= 0.6 is 0 Å². The Balaban J connectivity index is 2.87. The summed E-state index contributed by atoms with van der Waals surface area (Å²) >= 11 is 0. The molecule has 2 N–H and O–H groups in total. The molecule has 102 valence electrons. The molecule has 0 bridgehead atoms. The van der Waals surface area contributed by atoms with Crippen LogP contribution in [0.25, 0.3) is 0 Å². The fourth-order valence-corrected chi connectivity index (χ4v) is 2.41. The Morgan fingerprint density at radius 1 is 1.06 bits per heavy atom. The summed E-state index contributed by atoms with van der Waals surface area (Å²) in [5.74, 6) is 0.899. The van der Waals surface area contributed by atoms with Gasteiger partial charge >= 0.3 is 0 Å². The number of hydrogen-bond donors (Lipinski definition) is 2. The number of nitrogens with one attached hydrogen (secondary N) is 1. The van der Waals surface area contributed by atoms with Crippen molar-refractivity contribution in [2.75, 3.05) is 13.7 Å². The zero-order valence-electron chi connectivity index (χ0n) is 12.1. The summed E-state index contributed by atoms with van der Waals surface area (Å²) in [7, 11) is 1.96. The minimum Gasteiger partial charge on any atom is -0.396 e. The monoisotopic (exact) mass is 249 g/mol. The summed E-state index contributed by atoms with van der Waals surface area (Å²) in [4.78, 5) is 0. The molecule has 1 aromatic rings. The van der Waals surface area contributed by atoms with Crippen molar-refractivity contribution < 1.29 is 5.11 Å². The van der Waals surface area contributed by atoms with Crippen LogP contribution in [0.1, 0.15) is 56.7 Å². The van der Waals surface area contributed by atoms with Crippen LogP contribution in [-0.4, -0.2) is 18.8 Å². The van der Waals surface area contributed by atoms with Crippen LogP contribution in [0.5, 0.6) is 0 Å². The van der Waals surface area contributed by atoms with Crippen molar-refractivity contribution in [3.63, 3.8) is 0 Å². The first kappa shape index (κ1) is 15.2. The van der Waals surface area contributed by atoms with Crippen LogP contribution < -0.4 is 5.32 Å². The smallest absolute Gasteiger partial charge is 0.0477 e. The molecule has 0 fully saturated rings. The zero-order chi connectivity index (χ0) is 13.5. The highest BCUT2D eigenvalue weighted by Crippen LogP contribution is 2.26. The van der Waals surface area contributed by atoms with E-state index in [-0.39, 0.29) is 18.6 Å². The maximum absolute atomic E-state index is 9.43. The van der Waals surface area contributed by atoms with Gasteiger partial charge in [0.05, 0.1) is 0 Å². The van der Waals surface area contributed by atoms with Crippen LogP contribution in [-0.2, 0) is 0 Å². The number of aliphatic hydroxyl groups is 1. The van der Waals surface area contributed by atoms with E-state index in [1.807, 2.05) is 7.05 Å². The van der Waals surface area contributed by atoms with Crippen LogP contribution in [0.15, 0.2) is 24.3 Å². The average Bonchev–Trinajstić information content (AvgIpc) is 2.44. The molecule has 2 nitrogen and oxygen atoms in total. The molecule has 0 heterocycles. The lowest BCUT2D eigenvalue weighted by molar-refractivity contribution is 0.189. The van der Waals surface area contributed by atoms with E-state index < -0.39 is 0 Å². The fourth-order valence-electron chi connectivity index (χ4n) is 2.41. The predicted molar refractivity (Wildman–Crippen MR) is 77.8 cm³/mol. The number of hydrogen-bond acceptors (Lipinski definition) is 2. The second kappa shape index (κ2) is 7.55. The van der Waals surface area contributed by atoms with Gasteiger partial charge in [0.15, 0.2) is 0 Å². The molecule has 0 saturated carbocycles. The molecule has 0 radical (unpaired) electrons. The van der Waals surface area contributed by atoms with Gasteiger partial charge in [-0.3, -0.25) is 0 Å². The van der Waals surface area contributed by atoms with E-state index in [2.05, 4.69) is 50.4 Å². The maximum Gasteiger partial charge on any atom is 0.0477 e.